The minimum Gasteiger partial charge on any atom is -0.322 e. The van der Waals surface area contributed by atoms with E-state index in [0.29, 0.717) is 22.8 Å². The highest BCUT2D eigenvalue weighted by atomic mass is 35.5. The largest absolute Gasteiger partial charge is 0.322 e. The Morgan fingerprint density at radius 1 is 1.19 bits per heavy atom. The van der Waals surface area contributed by atoms with Gasteiger partial charge < -0.3 is 5.32 Å². The first-order chi connectivity index (χ1) is 12.8. The van der Waals surface area contributed by atoms with Gasteiger partial charge in [0.1, 0.15) is 0 Å². The summed E-state index contributed by atoms with van der Waals surface area (Å²) in [4.78, 5) is 12.8. The Morgan fingerprint density at radius 2 is 1.93 bits per heavy atom. The fraction of sp³-hybridized carbons (Fsp3) is 0.350. The number of halogens is 1. The van der Waals surface area contributed by atoms with Gasteiger partial charge in [-0.05, 0) is 62.6 Å². The standard InChI is InChI=1S/C20H23ClN2O3S/c1-14-7-3-4-12-23(14)27(25,26)17-9-5-8-16(13-17)20(24)22-19-11-6-10-18(21)15(19)2/h5-6,8-11,13-14H,3-4,7,12H2,1-2H3,(H,22,24)/t14-/m1/s1. The molecule has 1 amide bonds. The van der Waals surface area contributed by atoms with E-state index in [2.05, 4.69) is 5.32 Å². The van der Waals surface area contributed by atoms with Gasteiger partial charge in [0.05, 0.1) is 4.90 Å². The number of carbonyl (C=O) groups excluding carboxylic acids is 1. The number of sulfonamides is 1. The van der Waals surface area contributed by atoms with E-state index in [1.54, 1.807) is 30.3 Å². The predicted molar refractivity (Wildman–Crippen MR) is 108 cm³/mol. The third-order valence-corrected chi connectivity index (χ3v) is 7.38. The van der Waals surface area contributed by atoms with Crippen molar-refractivity contribution in [3.8, 4) is 0 Å². The number of piperidine rings is 1. The van der Waals surface area contributed by atoms with Crippen LogP contribution >= 0.6 is 11.6 Å². The van der Waals surface area contributed by atoms with Crippen LogP contribution in [0.25, 0.3) is 0 Å². The van der Waals surface area contributed by atoms with Crippen molar-refractivity contribution in [2.75, 3.05) is 11.9 Å². The van der Waals surface area contributed by atoms with Crippen LogP contribution in [-0.2, 0) is 10.0 Å². The molecule has 0 aliphatic carbocycles. The molecule has 2 aromatic carbocycles. The number of amides is 1. The normalized spacial score (nSPS) is 18.3. The average Bonchev–Trinajstić information content (AvgIpc) is 2.65. The predicted octanol–water partition coefficient (Wildman–Crippen LogP) is 4.46. The summed E-state index contributed by atoms with van der Waals surface area (Å²) >= 11 is 6.09. The molecule has 0 bridgehead atoms. The van der Waals surface area contributed by atoms with Crippen LogP contribution in [0.3, 0.4) is 0 Å². The number of benzene rings is 2. The molecule has 0 unspecified atom stereocenters. The maximum Gasteiger partial charge on any atom is 0.255 e. The highest BCUT2D eigenvalue weighted by Crippen LogP contribution is 2.26. The highest BCUT2D eigenvalue weighted by Gasteiger charge is 2.31. The quantitative estimate of drug-likeness (QED) is 0.814. The summed E-state index contributed by atoms with van der Waals surface area (Å²) in [7, 11) is -3.62. The molecule has 1 atom stereocenters. The van der Waals surface area contributed by atoms with Crippen molar-refractivity contribution in [3.05, 3.63) is 58.6 Å². The summed E-state index contributed by atoms with van der Waals surface area (Å²) in [5.74, 6) is -0.371. The zero-order valence-corrected chi connectivity index (χ0v) is 17.0. The topological polar surface area (TPSA) is 66.5 Å². The van der Waals surface area contributed by atoms with Crippen LogP contribution in [0.2, 0.25) is 5.02 Å². The van der Waals surface area contributed by atoms with Gasteiger partial charge in [-0.25, -0.2) is 8.42 Å². The van der Waals surface area contributed by atoms with E-state index in [-0.39, 0.29) is 16.8 Å². The van der Waals surface area contributed by atoms with Crippen molar-refractivity contribution < 1.29 is 13.2 Å². The van der Waals surface area contributed by atoms with Crippen molar-refractivity contribution >= 4 is 33.2 Å². The van der Waals surface area contributed by atoms with E-state index in [1.807, 2.05) is 13.8 Å². The second kappa shape index (κ2) is 8.00. The third kappa shape index (κ3) is 4.18. The molecule has 1 fully saturated rings. The lowest BCUT2D eigenvalue weighted by atomic mass is 10.1. The molecule has 7 heteroatoms. The number of nitrogens with zero attached hydrogens (tertiary/aromatic N) is 1. The second-order valence-corrected chi connectivity index (χ2v) is 9.15. The van der Waals surface area contributed by atoms with Crippen molar-refractivity contribution in [1.82, 2.24) is 4.31 Å². The molecule has 0 saturated carbocycles. The van der Waals surface area contributed by atoms with Crippen LogP contribution in [0.5, 0.6) is 0 Å². The van der Waals surface area contributed by atoms with Crippen molar-refractivity contribution in [2.24, 2.45) is 0 Å². The van der Waals surface area contributed by atoms with Crippen molar-refractivity contribution in [2.45, 2.75) is 44.0 Å². The Hall–Kier alpha value is -1.89. The lowest BCUT2D eigenvalue weighted by Gasteiger charge is -2.32. The van der Waals surface area contributed by atoms with Gasteiger partial charge in [0, 0.05) is 28.9 Å². The molecule has 2 aromatic rings. The van der Waals surface area contributed by atoms with E-state index in [0.717, 1.165) is 24.8 Å². The fourth-order valence-corrected chi connectivity index (χ4v) is 5.22. The molecule has 1 N–H and O–H groups in total. The van der Waals surface area contributed by atoms with Gasteiger partial charge in [-0.15, -0.1) is 0 Å². The summed E-state index contributed by atoms with van der Waals surface area (Å²) in [6, 6.07) is 11.4. The number of anilines is 1. The molecule has 0 spiro atoms. The van der Waals surface area contributed by atoms with Gasteiger partial charge in [0.25, 0.3) is 5.91 Å². The summed E-state index contributed by atoms with van der Waals surface area (Å²) in [5.41, 5.74) is 1.66. The van der Waals surface area contributed by atoms with Crippen LogP contribution < -0.4 is 5.32 Å². The van der Waals surface area contributed by atoms with Gasteiger partial charge in [-0.2, -0.15) is 4.31 Å². The molecule has 27 heavy (non-hydrogen) atoms. The van der Waals surface area contributed by atoms with E-state index in [1.165, 1.54) is 16.4 Å². The van der Waals surface area contributed by atoms with Crippen molar-refractivity contribution in [3.63, 3.8) is 0 Å². The second-order valence-electron chi connectivity index (χ2n) is 6.85. The van der Waals surface area contributed by atoms with E-state index < -0.39 is 10.0 Å². The molecule has 0 aromatic heterocycles. The van der Waals surface area contributed by atoms with Gasteiger partial charge >= 0.3 is 0 Å². The number of hydrogen-bond acceptors (Lipinski definition) is 3. The first-order valence-electron chi connectivity index (χ1n) is 8.99. The van der Waals surface area contributed by atoms with Crippen LogP contribution in [0.1, 0.15) is 42.1 Å². The summed E-state index contributed by atoms with van der Waals surface area (Å²) < 4.78 is 27.5. The molecule has 0 radical (unpaired) electrons. The Kier molecular flexibility index (Phi) is 5.89. The van der Waals surface area contributed by atoms with Gasteiger partial charge in [-0.1, -0.05) is 30.2 Å². The molecular formula is C20H23ClN2O3S. The Labute approximate surface area is 165 Å². The molecule has 1 saturated heterocycles. The minimum absolute atomic E-state index is 0.0321. The highest BCUT2D eigenvalue weighted by molar-refractivity contribution is 7.89. The molecule has 1 heterocycles. The van der Waals surface area contributed by atoms with E-state index >= 15 is 0 Å². The minimum atomic E-state index is -3.62. The third-order valence-electron chi connectivity index (χ3n) is 4.96. The van der Waals surface area contributed by atoms with Crippen LogP contribution in [0.4, 0.5) is 5.69 Å². The molecule has 1 aliphatic heterocycles. The Bertz CT molecular complexity index is 959. The number of carbonyl (C=O) groups is 1. The summed E-state index contributed by atoms with van der Waals surface area (Å²) in [6.45, 7) is 4.26. The number of rotatable bonds is 4. The molecular weight excluding hydrogens is 384 g/mol. The Morgan fingerprint density at radius 3 is 2.67 bits per heavy atom. The van der Waals surface area contributed by atoms with Gasteiger partial charge in [0.2, 0.25) is 10.0 Å². The first kappa shape index (κ1) is 19.9. The average molecular weight is 407 g/mol. The maximum atomic E-state index is 13.0. The van der Waals surface area contributed by atoms with Crippen LogP contribution in [0.15, 0.2) is 47.4 Å². The SMILES string of the molecule is Cc1c(Cl)cccc1NC(=O)c1cccc(S(=O)(=O)N2CCCC[C@H]2C)c1. The smallest absolute Gasteiger partial charge is 0.255 e. The lowest BCUT2D eigenvalue weighted by Crippen LogP contribution is -2.41. The van der Waals surface area contributed by atoms with Crippen LogP contribution in [-0.4, -0.2) is 31.2 Å². The molecule has 3 rings (SSSR count). The number of nitrogens with one attached hydrogen (secondary N) is 1. The van der Waals surface area contributed by atoms with Crippen molar-refractivity contribution in [1.29, 1.82) is 0 Å². The zero-order chi connectivity index (χ0) is 19.6. The summed E-state index contributed by atoms with van der Waals surface area (Å²) in [5, 5.41) is 3.36. The summed E-state index contributed by atoms with van der Waals surface area (Å²) in [6.07, 6.45) is 2.75. The monoisotopic (exact) mass is 406 g/mol. The fourth-order valence-electron chi connectivity index (χ4n) is 3.30. The zero-order valence-electron chi connectivity index (χ0n) is 15.4. The maximum absolute atomic E-state index is 13.0. The van der Waals surface area contributed by atoms with Gasteiger partial charge in [-0.3, -0.25) is 4.79 Å². The molecule has 144 valence electrons. The molecule has 1 aliphatic rings. The lowest BCUT2D eigenvalue weighted by molar-refractivity contribution is 0.102. The van der Waals surface area contributed by atoms with Crippen LogP contribution in [0, 0.1) is 6.92 Å². The van der Waals surface area contributed by atoms with E-state index in [9.17, 15) is 13.2 Å². The van der Waals surface area contributed by atoms with E-state index in [4.69, 9.17) is 11.6 Å². The molecule has 5 nitrogen and oxygen atoms in total. The Balaban J connectivity index is 1.86. The number of hydrogen-bond donors (Lipinski definition) is 1. The van der Waals surface area contributed by atoms with Gasteiger partial charge in [0.15, 0.2) is 0 Å². The first-order valence-corrected chi connectivity index (χ1v) is 10.8.